The van der Waals surface area contributed by atoms with Crippen LogP contribution in [0.15, 0.2) is 65.3 Å². The van der Waals surface area contributed by atoms with E-state index in [2.05, 4.69) is 17.4 Å². The summed E-state index contributed by atoms with van der Waals surface area (Å²) < 4.78 is 5.26. The van der Waals surface area contributed by atoms with Crippen molar-refractivity contribution in [2.45, 2.75) is 31.8 Å². The Morgan fingerprint density at radius 3 is 2.70 bits per heavy atom. The van der Waals surface area contributed by atoms with Crippen LogP contribution < -0.4 is 5.32 Å². The number of hydrogen-bond acceptors (Lipinski definition) is 4. The third-order valence-corrected chi connectivity index (χ3v) is 5.80. The second-order valence-corrected chi connectivity index (χ2v) is 7.65. The Balaban J connectivity index is 1.37. The van der Waals surface area contributed by atoms with Gasteiger partial charge in [-0.3, -0.25) is 19.3 Å². The smallest absolute Gasteiger partial charge is 0.261 e. The molecule has 2 heterocycles. The first-order chi connectivity index (χ1) is 14.6. The number of carbonyl (C=O) groups is 3. The molecule has 1 N–H and O–H groups in total. The van der Waals surface area contributed by atoms with Crippen molar-refractivity contribution in [1.82, 2.24) is 10.2 Å². The molecule has 0 spiro atoms. The highest BCUT2D eigenvalue weighted by atomic mass is 16.3. The number of aryl methyl sites for hydroxylation is 1. The number of nitrogens with one attached hydrogen (secondary N) is 1. The molecule has 6 nitrogen and oxygen atoms in total. The van der Waals surface area contributed by atoms with Gasteiger partial charge in [-0.15, -0.1) is 0 Å². The zero-order valence-corrected chi connectivity index (χ0v) is 16.3. The number of benzene rings is 2. The highest BCUT2D eigenvalue weighted by Gasteiger charge is 2.36. The van der Waals surface area contributed by atoms with Crippen LogP contribution in [-0.4, -0.2) is 22.6 Å². The van der Waals surface area contributed by atoms with Crippen molar-refractivity contribution in [3.05, 3.63) is 94.4 Å². The largest absolute Gasteiger partial charge is 0.467 e. The fourth-order valence-corrected chi connectivity index (χ4v) is 4.28. The summed E-state index contributed by atoms with van der Waals surface area (Å²) in [4.78, 5) is 39.5. The number of fused-ring (bicyclic) bond motifs is 2. The topological polar surface area (TPSA) is 79.6 Å². The summed E-state index contributed by atoms with van der Waals surface area (Å²) in [6.07, 6.45) is 4.41. The van der Waals surface area contributed by atoms with E-state index in [4.69, 9.17) is 4.42 Å². The van der Waals surface area contributed by atoms with E-state index in [1.165, 1.54) is 17.9 Å². The van der Waals surface area contributed by atoms with Crippen molar-refractivity contribution in [1.29, 1.82) is 0 Å². The van der Waals surface area contributed by atoms with Gasteiger partial charge in [-0.2, -0.15) is 0 Å². The molecule has 150 valence electrons. The molecule has 30 heavy (non-hydrogen) atoms. The van der Waals surface area contributed by atoms with Crippen molar-refractivity contribution < 1.29 is 18.8 Å². The lowest BCUT2D eigenvalue weighted by Gasteiger charge is -2.26. The summed E-state index contributed by atoms with van der Waals surface area (Å²) in [6.45, 7) is 0.0692. The van der Waals surface area contributed by atoms with Gasteiger partial charge >= 0.3 is 0 Å². The second kappa shape index (κ2) is 7.30. The number of nitrogens with zero attached hydrogens (tertiary/aromatic N) is 1. The molecular weight excluding hydrogens is 380 g/mol. The molecule has 1 atom stereocenters. The van der Waals surface area contributed by atoms with Crippen LogP contribution in [0.2, 0.25) is 0 Å². The minimum atomic E-state index is -0.413. The summed E-state index contributed by atoms with van der Waals surface area (Å²) in [5.74, 6) is -0.508. The molecular formula is C24H20N2O4. The lowest BCUT2D eigenvalue weighted by atomic mass is 9.87. The first kappa shape index (κ1) is 18.4. The molecule has 3 aromatic rings. The summed E-state index contributed by atoms with van der Waals surface area (Å²) in [5.41, 5.74) is 3.35. The molecule has 1 unspecified atom stereocenters. The number of carbonyl (C=O) groups excluding carboxylic acids is 3. The molecule has 5 rings (SSSR count). The van der Waals surface area contributed by atoms with Gasteiger partial charge in [-0.25, -0.2) is 0 Å². The number of furan rings is 1. The Morgan fingerprint density at radius 1 is 1.03 bits per heavy atom. The third-order valence-electron chi connectivity index (χ3n) is 5.80. The van der Waals surface area contributed by atoms with Crippen LogP contribution >= 0.6 is 0 Å². The van der Waals surface area contributed by atoms with Gasteiger partial charge in [0.25, 0.3) is 17.7 Å². The molecule has 3 amide bonds. The minimum Gasteiger partial charge on any atom is -0.467 e. The first-order valence-corrected chi connectivity index (χ1v) is 10.0. The highest BCUT2D eigenvalue weighted by molar-refractivity contribution is 6.22. The Bertz CT molecular complexity index is 1150. The van der Waals surface area contributed by atoms with Crippen LogP contribution in [0.1, 0.15) is 66.8 Å². The Hall–Kier alpha value is -3.67. The quantitative estimate of drug-likeness (QED) is 0.674. The SMILES string of the molecule is O=C(NC1CCCc2ccccc21)c1ccc2c(c1)C(=O)N(Cc1ccco1)C2=O. The Morgan fingerprint density at radius 2 is 1.87 bits per heavy atom. The maximum Gasteiger partial charge on any atom is 0.261 e. The van der Waals surface area contributed by atoms with Crippen molar-refractivity contribution in [3.63, 3.8) is 0 Å². The number of amides is 3. The lowest BCUT2D eigenvalue weighted by Crippen LogP contribution is -2.31. The average molecular weight is 400 g/mol. The van der Waals surface area contributed by atoms with Gasteiger partial charge in [0.15, 0.2) is 0 Å². The van der Waals surface area contributed by atoms with E-state index in [-0.39, 0.29) is 30.0 Å². The lowest BCUT2D eigenvalue weighted by molar-refractivity contribution is 0.0631. The van der Waals surface area contributed by atoms with Crippen LogP contribution in [0.25, 0.3) is 0 Å². The van der Waals surface area contributed by atoms with Crippen molar-refractivity contribution >= 4 is 17.7 Å². The van der Waals surface area contributed by atoms with Crippen LogP contribution in [0.5, 0.6) is 0 Å². The van der Waals surface area contributed by atoms with Crippen molar-refractivity contribution in [3.8, 4) is 0 Å². The highest BCUT2D eigenvalue weighted by Crippen LogP contribution is 2.30. The van der Waals surface area contributed by atoms with Crippen LogP contribution in [0.4, 0.5) is 0 Å². The maximum absolute atomic E-state index is 12.9. The molecule has 0 radical (unpaired) electrons. The fourth-order valence-electron chi connectivity index (χ4n) is 4.28. The fraction of sp³-hybridized carbons (Fsp3) is 0.208. The summed E-state index contributed by atoms with van der Waals surface area (Å²) >= 11 is 0. The molecule has 1 aromatic heterocycles. The van der Waals surface area contributed by atoms with Crippen molar-refractivity contribution in [2.24, 2.45) is 0 Å². The molecule has 0 saturated carbocycles. The molecule has 2 aromatic carbocycles. The number of imide groups is 1. The summed E-state index contributed by atoms with van der Waals surface area (Å²) in [7, 11) is 0. The van der Waals surface area contributed by atoms with Crippen LogP contribution in [-0.2, 0) is 13.0 Å². The van der Waals surface area contributed by atoms with E-state index in [9.17, 15) is 14.4 Å². The number of hydrogen-bond donors (Lipinski definition) is 1. The molecule has 2 aliphatic rings. The summed E-state index contributed by atoms with van der Waals surface area (Å²) in [6, 6.07) is 16.2. The Labute approximate surface area is 173 Å². The molecule has 6 heteroatoms. The third kappa shape index (κ3) is 3.10. The van der Waals surface area contributed by atoms with E-state index in [1.54, 1.807) is 24.3 Å². The van der Waals surface area contributed by atoms with E-state index >= 15 is 0 Å². The molecule has 0 bridgehead atoms. The average Bonchev–Trinajstić information content (AvgIpc) is 3.37. The predicted octanol–water partition coefficient (Wildman–Crippen LogP) is 3.88. The Kier molecular flexibility index (Phi) is 4.47. The number of rotatable bonds is 4. The predicted molar refractivity (Wildman–Crippen MR) is 109 cm³/mol. The van der Waals surface area contributed by atoms with E-state index in [0.29, 0.717) is 16.9 Å². The zero-order valence-electron chi connectivity index (χ0n) is 16.3. The molecule has 0 fully saturated rings. The van der Waals surface area contributed by atoms with Crippen LogP contribution in [0.3, 0.4) is 0 Å². The maximum atomic E-state index is 12.9. The summed E-state index contributed by atoms with van der Waals surface area (Å²) in [5, 5.41) is 3.09. The van der Waals surface area contributed by atoms with E-state index in [0.717, 1.165) is 29.7 Å². The van der Waals surface area contributed by atoms with Gasteiger partial charge in [0, 0.05) is 5.56 Å². The van der Waals surface area contributed by atoms with Gasteiger partial charge in [-0.1, -0.05) is 24.3 Å². The molecule has 0 saturated heterocycles. The van der Waals surface area contributed by atoms with Gasteiger partial charge in [0.1, 0.15) is 5.76 Å². The van der Waals surface area contributed by atoms with Crippen LogP contribution in [0, 0.1) is 0 Å². The standard InChI is InChI=1S/C24H20N2O4/c27-22(25-21-9-3-6-15-5-1-2-8-18(15)21)16-10-11-19-20(13-16)24(29)26(23(19)28)14-17-7-4-12-30-17/h1-2,4-5,7-8,10-13,21H,3,6,9,14H2,(H,25,27). The van der Waals surface area contributed by atoms with Gasteiger partial charge in [-0.05, 0) is 60.7 Å². The van der Waals surface area contributed by atoms with E-state index < -0.39 is 5.91 Å². The first-order valence-electron chi connectivity index (χ1n) is 10.0. The minimum absolute atomic E-state index is 0.0523. The second-order valence-electron chi connectivity index (χ2n) is 7.65. The van der Waals surface area contributed by atoms with Gasteiger partial charge in [0.05, 0.1) is 30.0 Å². The van der Waals surface area contributed by atoms with Crippen molar-refractivity contribution in [2.75, 3.05) is 0 Å². The molecule has 1 aliphatic heterocycles. The van der Waals surface area contributed by atoms with E-state index in [1.807, 2.05) is 12.1 Å². The van der Waals surface area contributed by atoms with Gasteiger partial charge in [0.2, 0.25) is 0 Å². The monoisotopic (exact) mass is 400 g/mol. The normalized spacial score (nSPS) is 17.6. The van der Waals surface area contributed by atoms with Gasteiger partial charge < -0.3 is 9.73 Å². The molecule has 1 aliphatic carbocycles. The zero-order chi connectivity index (χ0) is 20.7.